The van der Waals surface area contributed by atoms with Crippen LogP contribution in [-0.2, 0) is 10.3 Å². The predicted octanol–water partition coefficient (Wildman–Crippen LogP) is 3.61. The van der Waals surface area contributed by atoms with Gasteiger partial charge in [0.25, 0.3) is 0 Å². The van der Waals surface area contributed by atoms with Crippen LogP contribution >= 0.6 is 0 Å². The van der Waals surface area contributed by atoms with Crippen molar-refractivity contribution in [1.29, 1.82) is 0 Å². The van der Waals surface area contributed by atoms with Gasteiger partial charge < -0.3 is 4.74 Å². The number of nitrogens with zero attached hydrogens (tertiary/aromatic N) is 4. The molecule has 5 heteroatoms. The lowest BCUT2D eigenvalue weighted by Gasteiger charge is -2.23. The summed E-state index contributed by atoms with van der Waals surface area (Å²) < 4.78 is 7.82. The van der Waals surface area contributed by atoms with E-state index >= 15 is 0 Å². The van der Waals surface area contributed by atoms with Crippen molar-refractivity contribution in [3.63, 3.8) is 0 Å². The maximum absolute atomic E-state index is 6.00. The Morgan fingerprint density at radius 2 is 1.82 bits per heavy atom. The molecule has 0 spiro atoms. The zero-order chi connectivity index (χ0) is 16.2. The summed E-state index contributed by atoms with van der Waals surface area (Å²) in [6, 6.07) is 10.1. The first-order valence-electron chi connectivity index (χ1n) is 7.55. The summed E-state index contributed by atoms with van der Waals surface area (Å²) in [5.41, 5.74) is 0.924. The van der Waals surface area contributed by atoms with E-state index < -0.39 is 0 Å². The molecule has 0 radical (unpaired) electrons. The van der Waals surface area contributed by atoms with E-state index in [1.165, 1.54) is 0 Å². The second kappa shape index (κ2) is 6.83. The third-order valence-electron chi connectivity index (χ3n) is 3.07. The predicted molar refractivity (Wildman–Crippen MR) is 87.3 cm³/mol. The van der Waals surface area contributed by atoms with Crippen molar-refractivity contribution in [3.05, 3.63) is 47.8 Å². The summed E-state index contributed by atoms with van der Waals surface area (Å²) in [6.07, 6.45) is 3.84. The van der Waals surface area contributed by atoms with Gasteiger partial charge in [-0.3, -0.25) is 0 Å². The summed E-state index contributed by atoms with van der Waals surface area (Å²) in [5, 5.41) is 12.1. The molecule has 0 saturated carbocycles. The Morgan fingerprint density at radius 3 is 2.41 bits per heavy atom. The minimum absolute atomic E-state index is 0.0792. The summed E-state index contributed by atoms with van der Waals surface area (Å²) in [4.78, 5) is 0. The standard InChI is InChI=1S/C17H24N4O/c1-13(2)22-15(12-11-14-9-7-6-8-10-14)16-18-19-20-21(16)17(3,4)5/h6-13,15H,1-5H3/b12-11+. The first-order chi connectivity index (χ1) is 10.4. The van der Waals surface area contributed by atoms with Gasteiger partial charge in [0.1, 0.15) is 6.10 Å². The molecule has 0 amide bonds. The molecular formula is C17H24N4O. The van der Waals surface area contributed by atoms with Crippen LogP contribution < -0.4 is 0 Å². The van der Waals surface area contributed by atoms with Crippen molar-refractivity contribution in [2.45, 2.75) is 52.4 Å². The fraction of sp³-hybridized carbons (Fsp3) is 0.471. The third-order valence-corrected chi connectivity index (χ3v) is 3.07. The number of aromatic nitrogens is 4. The van der Waals surface area contributed by atoms with Crippen molar-refractivity contribution in [3.8, 4) is 0 Å². The minimum atomic E-state index is -0.283. The maximum atomic E-state index is 6.00. The molecule has 0 fully saturated rings. The smallest absolute Gasteiger partial charge is 0.184 e. The van der Waals surface area contributed by atoms with Crippen LogP contribution in [0.25, 0.3) is 6.08 Å². The van der Waals surface area contributed by atoms with E-state index in [4.69, 9.17) is 4.74 Å². The van der Waals surface area contributed by atoms with E-state index in [9.17, 15) is 0 Å². The van der Waals surface area contributed by atoms with Crippen LogP contribution in [0.2, 0.25) is 0 Å². The fourth-order valence-electron chi connectivity index (χ4n) is 2.10. The van der Waals surface area contributed by atoms with Gasteiger partial charge in [0.15, 0.2) is 5.82 Å². The van der Waals surface area contributed by atoms with E-state index in [0.717, 1.165) is 5.56 Å². The number of rotatable bonds is 5. The Kier molecular flexibility index (Phi) is 5.08. The van der Waals surface area contributed by atoms with Crippen molar-refractivity contribution >= 4 is 6.08 Å². The number of tetrazole rings is 1. The maximum Gasteiger partial charge on any atom is 0.184 e. The Labute approximate surface area is 132 Å². The zero-order valence-electron chi connectivity index (χ0n) is 13.9. The minimum Gasteiger partial charge on any atom is -0.363 e. The normalized spacial score (nSPS) is 13.9. The van der Waals surface area contributed by atoms with Gasteiger partial charge in [-0.25, -0.2) is 4.68 Å². The van der Waals surface area contributed by atoms with Crippen LogP contribution in [0.5, 0.6) is 0 Å². The van der Waals surface area contributed by atoms with Crippen molar-refractivity contribution in [2.24, 2.45) is 0 Å². The quantitative estimate of drug-likeness (QED) is 0.846. The average molecular weight is 300 g/mol. The van der Waals surface area contributed by atoms with Gasteiger partial charge in [-0.15, -0.1) is 5.10 Å². The van der Waals surface area contributed by atoms with E-state index in [0.29, 0.717) is 5.82 Å². The van der Waals surface area contributed by atoms with Crippen molar-refractivity contribution in [2.75, 3.05) is 0 Å². The molecule has 2 rings (SSSR count). The monoisotopic (exact) mass is 300 g/mol. The molecule has 2 aromatic rings. The third kappa shape index (κ3) is 4.24. The van der Waals surface area contributed by atoms with Crippen molar-refractivity contribution < 1.29 is 4.74 Å². The van der Waals surface area contributed by atoms with Gasteiger partial charge in [0, 0.05) is 0 Å². The Balaban J connectivity index is 2.31. The number of hydrogen-bond donors (Lipinski definition) is 0. The van der Waals surface area contributed by atoms with E-state index in [2.05, 4.69) is 48.4 Å². The largest absolute Gasteiger partial charge is 0.363 e. The average Bonchev–Trinajstić information content (AvgIpc) is 2.93. The topological polar surface area (TPSA) is 52.8 Å². The van der Waals surface area contributed by atoms with Crippen molar-refractivity contribution in [1.82, 2.24) is 20.2 Å². The van der Waals surface area contributed by atoms with Gasteiger partial charge in [-0.2, -0.15) is 0 Å². The zero-order valence-corrected chi connectivity index (χ0v) is 13.9. The summed E-state index contributed by atoms with van der Waals surface area (Å²) in [5.74, 6) is 0.716. The highest BCUT2D eigenvalue weighted by Crippen LogP contribution is 2.24. The highest BCUT2D eigenvalue weighted by atomic mass is 16.5. The molecule has 1 atom stereocenters. The SMILES string of the molecule is CC(C)OC(/C=C/c1ccccc1)c1nnnn1C(C)(C)C. The van der Waals surface area contributed by atoms with Crippen LogP contribution in [0.3, 0.4) is 0 Å². The lowest BCUT2D eigenvalue weighted by Crippen LogP contribution is -2.27. The summed E-state index contributed by atoms with van der Waals surface area (Å²) in [7, 11) is 0. The summed E-state index contributed by atoms with van der Waals surface area (Å²) >= 11 is 0. The Hall–Kier alpha value is -2.01. The first-order valence-corrected chi connectivity index (χ1v) is 7.55. The molecule has 0 aliphatic heterocycles. The number of hydrogen-bond acceptors (Lipinski definition) is 4. The highest BCUT2D eigenvalue weighted by molar-refractivity contribution is 5.49. The molecule has 0 saturated heterocycles. The molecule has 0 aliphatic rings. The summed E-state index contributed by atoms with van der Waals surface area (Å²) in [6.45, 7) is 10.2. The molecule has 22 heavy (non-hydrogen) atoms. The fourth-order valence-corrected chi connectivity index (χ4v) is 2.10. The van der Waals surface area contributed by atoms with Crippen LogP contribution in [0.4, 0.5) is 0 Å². The molecule has 1 unspecified atom stereocenters. The lowest BCUT2D eigenvalue weighted by atomic mass is 10.1. The molecule has 0 N–H and O–H groups in total. The van der Waals surface area contributed by atoms with E-state index in [1.54, 1.807) is 0 Å². The second-order valence-electron chi connectivity index (χ2n) is 6.49. The van der Waals surface area contributed by atoms with Crippen LogP contribution in [0.1, 0.15) is 52.1 Å². The highest BCUT2D eigenvalue weighted by Gasteiger charge is 2.25. The molecule has 0 aliphatic carbocycles. The lowest BCUT2D eigenvalue weighted by molar-refractivity contribution is 0.0255. The molecule has 1 heterocycles. The molecule has 1 aromatic carbocycles. The second-order valence-corrected chi connectivity index (χ2v) is 6.49. The van der Waals surface area contributed by atoms with Crippen LogP contribution in [0.15, 0.2) is 36.4 Å². The molecular weight excluding hydrogens is 276 g/mol. The first kappa shape index (κ1) is 16.4. The van der Waals surface area contributed by atoms with Gasteiger partial charge >= 0.3 is 0 Å². The van der Waals surface area contributed by atoms with Crippen LogP contribution in [0, 0.1) is 0 Å². The van der Waals surface area contributed by atoms with E-state index in [1.807, 2.05) is 48.9 Å². The number of ether oxygens (including phenoxy) is 1. The Bertz CT molecular complexity index is 611. The van der Waals surface area contributed by atoms with E-state index in [-0.39, 0.29) is 17.7 Å². The Morgan fingerprint density at radius 1 is 1.14 bits per heavy atom. The van der Waals surface area contributed by atoms with Gasteiger partial charge in [-0.1, -0.05) is 36.4 Å². The number of benzene rings is 1. The molecule has 118 valence electrons. The molecule has 1 aromatic heterocycles. The van der Waals surface area contributed by atoms with Gasteiger partial charge in [0.05, 0.1) is 11.6 Å². The molecule has 0 bridgehead atoms. The molecule has 5 nitrogen and oxygen atoms in total. The van der Waals surface area contributed by atoms with Crippen LogP contribution in [-0.4, -0.2) is 26.3 Å². The van der Waals surface area contributed by atoms with Gasteiger partial charge in [-0.05, 0) is 56.7 Å². The van der Waals surface area contributed by atoms with Gasteiger partial charge in [0.2, 0.25) is 0 Å².